The number of rotatable bonds is 3. The first kappa shape index (κ1) is 14.6. The zero-order valence-electron chi connectivity index (χ0n) is 10.7. The molecule has 3 N–H and O–H groups in total. The van der Waals surface area contributed by atoms with Gasteiger partial charge in [0.05, 0.1) is 0 Å². The number of nitrogens with one attached hydrogen (secondary N) is 1. The molecule has 2 rings (SSSR count). The normalized spacial score (nSPS) is 23.1. The van der Waals surface area contributed by atoms with Gasteiger partial charge in [-0.25, -0.2) is 0 Å². The van der Waals surface area contributed by atoms with Crippen LogP contribution in [0.25, 0.3) is 0 Å². The second-order valence-electron chi connectivity index (χ2n) is 5.08. The Labute approximate surface area is 123 Å². The third-order valence-corrected chi connectivity index (χ3v) is 4.14. The summed E-state index contributed by atoms with van der Waals surface area (Å²) in [5, 5.41) is 4.10. The second kappa shape index (κ2) is 6.60. The summed E-state index contributed by atoms with van der Waals surface area (Å²) >= 11 is 11.9. The van der Waals surface area contributed by atoms with E-state index in [1.54, 1.807) is 12.1 Å². The molecule has 1 aliphatic carbocycles. The van der Waals surface area contributed by atoms with E-state index >= 15 is 0 Å². The van der Waals surface area contributed by atoms with Crippen molar-refractivity contribution in [3.05, 3.63) is 33.8 Å². The Balaban J connectivity index is 1.89. The standard InChI is InChI=1S/C14H18Cl2N2O/c15-11-5-4-10(13(16)7-11)8-18-14(19)9-2-1-3-12(17)6-9/h4-5,7,9,12H,1-3,6,8,17H2,(H,18,19). The lowest BCUT2D eigenvalue weighted by Crippen LogP contribution is -2.37. The van der Waals surface area contributed by atoms with Crippen LogP contribution in [0.5, 0.6) is 0 Å². The molecule has 1 saturated carbocycles. The number of amides is 1. The Bertz CT molecular complexity index is 465. The number of nitrogens with two attached hydrogens (primary N) is 1. The van der Waals surface area contributed by atoms with E-state index in [1.807, 2.05) is 6.07 Å². The van der Waals surface area contributed by atoms with Crippen molar-refractivity contribution in [1.29, 1.82) is 0 Å². The van der Waals surface area contributed by atoms with Crippen molar-refractivity contribution >= 4 is 29.1 Å². The molecule has 0 bridgehead atoms. The van der Waals surface area contributed by atoms with Crippen LogP contribution in [0.1, 0.15) is 31.2 Å². The first-order chi connectivity index (χ1) is 9.06. The van der Waals surface area contributed by atoms with E-state index in [4.69, 9.17) is 28.9 Å². The van der Waals surface area contributed by atoms with Crippen LogP contribution in [0.2, 0.25) is 10.0 Å². The molecule has 0 spiro atoms. The molecule has 1 fully saturated rings. The smallest absolute Gasteiger partial charge is 0.223 e. The Morgan fingerprint density at radius 1 is 1.37 bits per heavy atom. The van der Waals surface area contributed by atoms with E-state index in [-0.39, 0.29) is 17.9 Å². The quantitative estimate of drug-likeness (QED) is 0.901. The molecule has 1 aliphatic rings. The summed E-state index contributed by atoms with van der Waals surface area (Å²) in [4.78, 5) is 12.1. The van der Waals surface area contributed by atoms with E-state index in [0.717, 1.165) is 31.2 Å². The van der Waals surface area contributed by atoms with Crippen LogP contribution in [0, 0.1) is 5.92 Å². The maximum Gasteiger partial charge on any atom is 0.223 e. The molecule has 1 aromatic rings. The van der Waals surface area contributed by atoms with Crippen LogP contribution in [0.4, 0.5) is 0 Å². The van der Waals surface area contributed by atoms with Gasteiger partial charge in [0.2, 0.25) is 5.91 Å². The molecule has 0 heterocycles. The van der Waals surface area contributed by atoms with Gasteiger partial charge in [0.25, 0.3) is 0 Å². The van der Waals surface area contributed by atoms with Gasteiger partial charge in [0.1, 0.15) is 0 Å². The van der Waals surface area contributed by atoms with E-state index < -0.39 is 0 Å². The molecule has 0 radical (unpaired) electrons. The molecule has 1 amide bonds. The van der Waals surface area contributed by atoms with Crippen molar-refractivity contribution in [1.82, 2.24) is 5.32 Å². The molecule has 2 atom stereocenters. The molecule has 19 heavy (non-hydrogen) atoms. The maximum absolute atomic E-state index is 12.1. The molecule has 3 nitrogen and oxygen atoms in total. The summed E-state index contributed by atoms with van der Waals surface area (Å²) in [5.41, 5.74) is 6.77. The van der Waals surface area contributed by atoms with Crippen LogP contribution in [-0.4, -0.2) is 11.9 Å². The molecule has 0 aromatic heterocycles. The molecule has 1 aromatic carbocycles. The van der Waals surface area contributed by atoms with Crippen molar-refractivity contribution in [2.75, 3.05) is 0 Å². The van der Waals surface area contributed by atoms with Gasteiger partial charge < -0.3 is 11.1 Å². The average Bonchev–Trinajstić information content (AvgIpc) is 2.37. The molecule has 5 heteroatoms. The first-order valence-electron chi connectivity index (χ1n) is 6.53. The number of benzene rings is 1. The fraction of sp³-hybridized carbons (Fsp3) is 0.500. The zero-order valence-corrected chi connectivity index (χ0v) is 12.2. The van der Waals surface area contributed by atoms with Crippen LogP contribution in [0.3, 0.4) is 0 Å². The van der Waals surface area contributed by atoms with E-state index in [9.17, 15) is 4.79 Å². The van der Waals surface area contributed by atoms with E-state index in [1.165, 1.54) is 0 Å². The van der Waals surface area contributed by atoms with Gasteiger partial charge in [-0.3, -0.25) is 4.79 Å². The van der Waals surface area contributed by atoms with Crippen molar-refractivity contribution in [2.24, 2.45) is 11.7 Å². The Morgan fingerprint density at radius 3 is 2.84 bits per heavy atom. The minimum Gasteiger partial charge on any atom is -0.352 e. The number of hydrogen-bond acceptors (Lipinski definition) is 2. The maximum atomic E-state index is 12.1. The van der Waals surface area contributed by atoms with E-state index in [0.29, 0.717) is 16.6 Å². The first-order valence-corrected chi connectivity index (χ1v) is 7.29. The van der Waals surface area contributed by atoms with Gasteiger partial charge in [-0.1, -0.05) is 35.7 Å². The molecule has 0 saturated heterocycles. The highest BCUT2D eigenvalue weighted by atomic mass is 35.5. The van der Waals surface area contributed by atoms with Crippen LogP contribution < -0.4 is 11.1 Å². The largest absolute Gasteiger partial charge is 0.352 e. The third-order valence-electron chi connectivity index (χ3n) is 3.55. The summed E-state index contributed by atoms with van der Waals surface area (Å²) in [6.45, 7) is 0.431. The minimum atomic E-state index is 0.0369. The monoisotopic (exact) mass is 300 g/mol. The molecule has 104 valence electrons. The highest BCUT2D eigenvalue weighted by Crippen LogP contribution is 2.24. The van der Waals surface area contributed by atoms with Crippen LogP contribution >= 0.6 is 23.2 Å². The number of carbonyl (C=O) groups excluding carboxylic acids is 1. The number of carbonyl (C=O) groups is 1. The Kier molecular flexibility index (Phi) is 5.08. The summed E-state index contributed by atoms with van der Waals surface area (Å²) in [6.07, 6.45) is 3.75. The van der Waals surface area contributed by atoms with Crippen molar-refractivity contribution < 1.29 is 4.79 Å². The highest BCUT2D eigenvalue weighted by molar-refractivity contribution is 6.35. The second-order valence-corrected chi connectivity index (χ2v) is 5.92. The van der Waals surface area contributed by atoms with Crippen LogP contribution in [-0.2, 0) is 11.3 Å². The van der Waals surface area contributed by atoms with Gasteiger partial charge in [-0.05, 0) is 37.0 Å². The minimum absolute atomic E-state index is 0.0369. The number of halogens is 2. The fourth-order valence-corrected chi connectivity index (χ4v) is 2.93. The van der Waals surface area contributed by atoms with Crippen molar-refractivity contribution in [2.45, 2.75) is 38.3 Å². The van der Waals surface area contributed by atoms with Gasteiger partial charge in [-0.2, -0.15) is 0 Å². The van der Waals surface area contributed by atoms with Crippen molar-refractivity contribution in [3.63, 3.8) is 0 Å². The van der Waals surface area contributed by atoms with Crippen LogP contribution in [0.15, 0.2) is 18.2 Å². The third kappa shape index (κ3) is 4.10. The summed E-state index contributed by atoms with van der Waals surface area (Å²) < 4.78 is 0. The summed E-state index contributed by atoms with van der Waals surface area (Å²) in [6, 6.07) is 5.44. The topological polar surface area (TPSA) is 55.1 Å². The summed E-state index contributed by atoms with van der Waals surface area (Å²) in [7, 11) is 0. The Morgan fingerprint density at radius 2 is 2.16 bits per heavy atom. The molecular weight excluding hydrogens is 283 g/mol. The lowest BCUT2D eigenvalue weighted by atomic mass is 9.85. The predicted octanol–water partition coefficient (Wildman–Crippen LogP) is 3.13. The molecule has 0 aliphatic heterocycles. The zero-order chi connectivity index (χ0) is 13.8. The fourth-order valence-electron chi connectivity index (χ4n) is 2.46. The van der Waals surface area contributed by atoms with Crippen molar-refractivity contribution in [3.8, 4) is 0 Å². The van der Waals surface area contributed by atoms with Gasteiger partial charge in [-0.15, -0.1) is 0 Å². The Hall–Kier alpha value is -0.770. The lowest BCUT2D eigenvalue weighted by molar-refractivity contribution is -0.126. The highest BCUT2D eigenvalue weighted by Gasteiger charge is 2.25. The van der Waals surface area contributed by atoms with Gasteiger partial charge in [0, 0.05) is 28.5 Å². The average molecular weight is 301 g/mol. The molecular formula is C14H18Cl2N2O. The SMILES string of the molecule is NC1CCCC(C(=O)NCc2ccc(Cl)cc2Cl)C1. The summed E-state index contributed by atoms with van der Waals surface area (Å²) in [5.74, 6) is 0.107. The van der Waals surface area contributed by atoms with E-state index in [2.05, 4.69) is 5.32 Å². The lowest BCUT2D eigenvalue weighted by Gasteiger charge is -2.25. The number of hydrogen-bond donors (Lipinski definition) is 2. The predicted molar refractivity (Wildman–Crippen MR) is 78.2 cm³/mol. The van der Waals surface area contributed by atoms with Gasteiger partial charge >= 0.3 is 0 Å². The van der Waals surface area contributed by atoms with Gasteiger partial charge in [0.15, 0.2) is 0 Å². The molecule has 2 unspecified atom stereocenters.